The minimum atomic E-state index is -0.275. The molecule has 4 nitrogen and oxygen atoms in total. The first-order valence-electron chi connectivity index (χ1n) is 9.23. The van der Waals surface area contributed by atoms with Gasteiger partial charge in [0, 0.05) is 36.8 Å². The highest BCUT2D eigenvalue weighted by molar-refractivity contribution is 8.07. The second-order valence-electron chi connectivity index (χ2n) is 5.90. The van der Waals surface area contributed by atoms with E-state index in [0.717, 1.165) is 15.1 Å². The molecule has 146 valence electrons. The fourth-order valence-electron chi connectivity index (χ4n) is 2.49. The predicted molar refractivity (Wildman–Crippen MR) is 124 cm³/mol. The highest BCUT2D eigenvalue weighted by atomic mass is 32.2. The number of hydrogen-bond acceptors (Lipinski definition) is 4. The van der Waals surface area contributed by atoms with Crippen LogP contribution in [0.1, 0.15) is 0 Å². The normalized spacial score (nSPS) is 16.7. The highest BCUT2D eigenvalue weighted by Crippen LogP contribution is 2.26. The molecule has 0 saturated heterocycles. The molecule has 3 aliphatic rings. The topological polar surface area (TPSA) is 56.3 Å². The zero-order valence-corrected chi connectivity index (χ0v) is 16.7. The molecule has 0 unspecified atom stereocenters. The average molecular weight is 403 g/mol. The molecule has 4 N–H and O–H groups in total. The number of phenols is 1. The van der Waals surface area contributed by atoms with Gasteiger partial charge in [0.2, 0.25) is 15.1 Å². The van der Waals surface area contributed by atoms with Crippen LogP contribution >= 0.6 is 0 Å². The molecule has 0 fully saturated rings. The van der Waals surface area contributed by atoms with Crippen molar-refractivity contribution in [2.24, 2.45) is 0 Å². The molecule has 0 saturated carbocycles. The monoisotopic (exact) mass is 402 g/mol. The Bertz CT molecular complexity index is 852. The number of phenolic OH excluding ortho intramolecular Hbond substituents is 1. The largest absolute Gasteiger partial charge is 0.508 e. The number of nitrogens with one attached hydrogen (secondary N) is 3. The van der Waals surface area contributed by atoms with E-state index in [1.807, 2.05) is 61.1 Å². The smallest absolute Gasteiger partial charge is 0.239 e. The van der Waals surface area contributed by atoms with Crippen molar-refractivity contribution in [3.63, 3.8) is 0 Å². The molecule has 1 aromatic rings. The summed E-state index contributed by atoms with van der Waals surface area (Å²) in [5, 5.41) is 22.2. The lowest BCUT2D eigenvalue weighted by atomic mass is 10.3. The van der Waals surface area contributed by atoms with Gasteiger partial charge in [0.1, 0.15) is 5.75 Å². The Balaban J connectivity index is 0.000000290. The van der Waals surface area contributed by atoms with Crippen LogP contribution in [0.5, 0.6) is 5.75 Å². The summed E-state index contributed by atoms with van der Waals surface area (Å²) in [6, 6.07) is 8.71. The molecule has 0 amide bonds. The van der Waals surface area contributed by atoms with Gasteiger partial charge >= 0.3 is 0 Å². The molecule has 3 aliphatic heterocycles. The molecule has 0 bridgehead atoms. The summed E-state index contributed by atoms with van der Waals surface area (Å²) in [6.07, 6.45) is 30.4. The van der Waals surface area contributed by atoms with Crippen LogP contribution in [-0.2, 0) is 10.9 Å². The molecule has 0 atom stereocenters. The van der Waals surface area contributed by atoms with Gasteiger partial charge in [0.25, 0.3) is 0 Å². The van der Waals surface area contributed by atoms with E-state index in [1.54, 1.807) is 24.3 Å². The molecule has 4 rings (SSSR count). The van der Waals surface area contributed by atoms with Crippen LogP contribution in [0.3, 0.4) is 0 Å². The van der Waals surface area contributed by atoms with Crippen LogP contribution < -0.4 is 16.0 Å². The molecule has 0 radical (unpaired) electrons. The maximum atomic E-state index is 8.63. The van der Waals surface area contributed by atoms with Crippen molar-refractivity contribution in [1.29, 1.82) is 0 Å². The van der Waals surface area contributed by atoms with Gasteiger partial charge in [-0.05, 0) is 30.4 Å². The van der Waals surface area contributed by atoms with Gasteiger partial charge in [-0.3, -0.25) is 0 Å². The van der Waals surface area contributed by atoms with Gasteiger partial charge in [-0.25, -0.2) is 0 Å². The maximum Gasteiger partial charge on any atom is 0.239 e. The minimum Gasteiger partial charge on any atom is -0.508 e. The third kappa shape index (κ3) is 6.52. The zero-order chi connectivity index (χ0) is 20.2. The number of para-hydroxylation sites is 1. The summed E-state index contributed by atoms with van der Waals surface area (Å²) in [6.45, 7) is 0. The van der Waals surface area contributed by atoms with Crippen molar-refractivity contribution in [3.05, 3.63) is 137 Å². The van der Waals surface area contributed by atoms with Gasteiger partial charge < -0.3 is 21.1 Å². The Morgan fingerprint density at radius 1 is 0.517 bits per heavy atom. The lowest BCUT2D eigenvalue weighted by Crippen LogP contribution is -2.29. The summed E-state index contributed by atoms with van der Waals surface area (Å²) < 4.78 is 0. The summed E-state index contributed by atoms with van der Waals surface area (Å²) in [5.74, 6) is 0.322. The van der Waals surface area contributed by atoms with E-state index in [9.17, 15) is 0 Å². The first kappa shape index (κ1) is 20.2. The van der Waals surface area contributed by atoms with Crippen LogP contribution in [0, 0.1) is 0 Å². The SMILES string of the molecule is C1=CC=C([S+](C2=CC=CC=CN2)C2=CC=CC=CN2)NC=C1.Oc1ccccc1. The quantitative estimate of drug-likeness (QED) is 0.561. The first-order valence-corrected chi connectivity index (χ1v) is 10.5. The van der Waals surface area contributed by atoms with Crippen molar-refractivity contribution < 1.29 is 5.11 Å². The number of benzene rings is 1. The van der Waals surface area contributed by atoms with Crippen molar-refractivity contribution in [3.8, 4) is 5.75 Å². The third-order valence-corrected chi connectivity index (χ3v) is 5.87. The second kappa shape index (κ2) is 11.3. The Morgan fingerprint density at radius 3 is 1.28 bits per heavy atom. The number of aromatic hydroxyl groups is 1. The van der Waals surface area contributed by atoms with Gasteiger partial charge in [-0.1, -0.05) is 54.7 Å². The fourth-order valence-corrected chi connectivity index (χ4v) is 4.40. The van der Waals surface area contributed by atoms with Gasteiger partial charge in [-0.2, -0.15) is 0 Å². The summed E-state index contributed by atoms with van der Waals surface area (Å²) in [4.78, 5) is 0. The molecule has 0 aromatic heterocycles. The Kier molecular flexibility index (Phi) is 7.87. The van der Waals surface area contributed by atoms with Crippen LogP contribution in [0.15, 0.2) is 137 Å². The standard InChI is InChI=1S/C18H18N3S.C6H6O/c1-4-10-16(19-13-7-1)22(17-11-5-2-8-14-20-17)18-12-6-3-9-15-21-18;7-6-4-2-1-3-5-6/h1-15,19-21H;1-5,7H/q+1;. The molecule has 1 aromatic carbocycles. The Hall–Kier alpha value is -3.57. The van der Waals surface area contributed by atoms with E-state index in [-0.39, 0.29) is 10.9 Å². The summed E-state index contributed by atoms with van der Waals surface area (Å²) in [5.41, 5.74) is 0. The lowest BCUT2D eigenvalue weighted by molar-refractivity contribution is 0.475. The Labute approximate surface area is 174 Å². The van der Waals surface area contributed by atoms with Gasteiger partial charge in [0.05, 0.1) is 0 Å². The van der Waals surface area contributed by atoms with Crippen molar-refractivity contribution in [1.82, 2.24) is 16.0 Å². The van der Waals surface area contributed by atoms with Crippen LogP contribution in [0.2, 0.25) is 0 Å². The van der Waals surface area contributed by atoms with Gasteiger partial charge in [0.15, 0.2) is 10.9 Å². The number of rotatable bonds is 3. The predicted octanol–water partition coefficient (Wildman–Crippen LogP) is 4.54. The molecule has 0 aliphatic carbocycles. The Morgan fingerprint density at radius 2 is 0.931 bits per heavy atom. The van der Waals surface area contributed by atoms with Crippen molar-refractivity contribution in [2.45, 2.75) is 0 Å². The van der Waals surface area contributed by atoms with E-state index in [1.165, 1.54) is 0 Å². The molecular formula is C24H24N3OS+. The zero-order valence-electron chi connectivity index (χ0n) is 15.9. The molecule has 5 heteroatoms. The van der Waals surface area contributed by atoms with E-state index < -0.39 is 0 Å². The molecule has 3 heterocycles. The van der Waals surface area contributed by atoms with Crippen LogP contribution in [0.4, 0.5) is 0 Å². The third-order valence-electron chi connectivity index (χ3n) is 3.79. The number of allylic oxidation sites excluding steroid dienone is 12. The van der Waals surface area contributed by atoms with E-state index in [4.69, 9.17) is 5.11 Å². The average Bonchev–Trinajstić information content (AvgIpc) is 3.27. The van der Waals surface area contributed by atoms with Gasteiger partial charge in [-0.15, -0.1) is 0 Å². The fraction of sp³-hybridized carbons (Fsp3) is 0. The highest BCUT2D eigenvalue weighted by Gasteiger charge is 2.35. The molecule has 0 spiro atoms. The molecular weight excluding hydrogens is 378 g/mol. The van der Waals surface area contributed by atoms with Crippen molar-refractivity contribution in [2.75, 3.05) is 0 Å². The van der Waals surface area contributed by atoms with E-state index in [0.29, 0.717) is 5.75 Å². The van der Waals surface area contributed by atoms with Crippen LogP contribution in [-0.4, -0.2) is 5.11 Å². The van der Waals surface area contributed by atoms with Crippen molar-refractivity contribution >= 4 is 10.9 Å². The van der Waals surface area contributed by atoms with E-state index >= 15 is 0 Å². The van der Waals surface area contributed by atoms with E-state index in [2.05, 4.69) is 52.4 Å². The maximum absolute atomic E-state index is 8.63. The minimum absolute atomic E-state index is 0.275. The van der Waals surface area contributed by atoms with Crippen LogP contribution in [0.25, 0.3) is 0 Å². The summed E-state index contributed by atoms with van der Waals surface area (Å²) in [7, 11) is -0.275. The lowest BCUT2D eigenvalue weighted by Gasteiger charge is -2.14. The molecule has 29 heavy (non-hydrogen) atoms. The first-order chi connectivity index (χ1) is 14.3. The number of hydrogen-bond donors (Lipinski definition) is 4. The second-order valence-corrected chi connectivity index (χ2v) is 7.83. The summed E-state index contributed by atoms with van der Waals surface area (Å²) >= 11 is 0.